The standard InChI is InChI=1S/C24H29N5O5S.CH2O2/c1-24(23(31)27-32,35(2,33)34)11-14-29-17-20-15-19(7-8-21(20)26-29)6-4-3-5-18-9-12-28(13-10-18)22(30)16-25;2-1-3/h7-8,15,17-18,32H,9-14,16,25H2,1-2H3,(H,27,31);1H,(H,2,3). The summed E-state index contributed by atoms with van der Waals surface area (Å²) in [5.74, 6) is 11.1. The first-order valence-electron chi connectivity index (χ1n) is 11.7. The molecule has 1 fully saturated rings. The minimum atomic E-state index is -3.78. The Hall–Kier alpha value is -3.91. The van der Waals surface area contributed by atoms with E-state index in [1.54, 1.807) is 15.8 Å². The molecule has 13 heteroatoms. The summed E-state index contributed by atoms with van der Waals surface area (Å²) >= 11 is 0. The molecule has 0 radical (unpaired) electrons. The van der Waals surface area contributed by atoms with Gasteiger partial charge in [0.2, 0.25) is 5.91 Å². The molecule has 1 aromatic carbocycles. The van der Waals surface area contributed by atoms with Crippen molar-refractivity contribution in [2.45, 2.75) is 37.5 Å². The van der Waals surface area contributed by atoms with Crippen molar-refractivity contribution in [1.82, 2.24) is 20.2 Å². The highest BCUT2D eigenvalue weighted by molar-refractivity contribution is 7.92. The Kier molecular flexibility index (Phi) is 10.8. The first-order valence-corrected chi connectivity index (χ1v) is 13.6. The lowest BCUT2D eigenvalue weighted by atomic mass is 9.97. The number of aromatic nitrogens is 2. The molecule has 2 amide bonds. The molecular weight excluding hydrogens is 514 g/mol. The van der Waals surface area contributed by atoms with Crippen molar-refractivity contribution in [3.8, 4) is 23.7 Å². The third kappa shape index (κ3) is 7.79. The monoisotopic (exact) mass is 545 g/mol. The smallest absolute Gasteiger partial charge is 0.290 e. The Morgan fingerprint density at radius 2 is 1.95 bits per heavy atom. The van der Waals surface area contributed by atoms with Gasteiger partial charge in [0, 0.05) is 49.0 Å². The average molecular weight is 546 g/mol. The van der Waals surface area contributed by atoms with Crippen molar-refractivity contribution < 1.29 is 33.1 Å². The Bertz CT molecular complexity index is 1390. The molecule has 1 aliphatic rings. The molecule has 1 atom stereocenters. The molecule has 1 unspecified atom stereocenters. The van der Waals surface area contributed by atoms with E-state index in [9.17, 15) is 18.0 Å². The Balaban J connectivity index is 0.00000161. The number of piperidine rings is 1. The van der Waals surface area contributed by atoms with Crippen LogP contribution >= 0.6 is 0 Å². The highest BCUT2D eigenvalue weighted by Gasteiger charge is 2.43. The first kappa shape index (κ1) is 30.3. The van der Waals surface area contributed by atoms with Crippen molar-refractivity contribution in [2.75, 3.05) is 25.9 Å². The molecule has 12 nitrogen and oxygen atoms in total. The number of aryl methyl sites for hydroxylation is 1. The van der Waals surface area contributed by atoms with E-state index in [2.05, 4.69) is 28.8 Å². The summed E-state index contributed by atoms with van der Waals surface area (Å²) in [6.45, 7) is 2.55. The molecule has 0 aliphatic carbocycles. The SMILES string of the molecule is CC(CCn1cc2cc(C#CC#CC3CCN(C(=O)CN)CC3)ccc2n1)(C(=O)NO)S(C)(=O)=O.O=CO. The van der Waals surface area contributed by atoms with Gasteiger partial charge in [-0.2, -0.15) is 5.10 Å². The predicted molar refractivity (Wildman–Crippen MR) is 139 cm³/mol. The zero-order valence-electron chi connectivity index (χ0n) is 21.2. The number of likely N-dealkylation sites (tertiary alicyclic amines) is 1. The van der Waals surface area contributed by atoms with Gasteiger partial charge in [-0.3, -0.25) is 24.3 Å². The van der Waals surface area contributed by atoms with E-state index < -0.39 is 20.5 Å². The van der Waals surface area contributed by atoms with Gasteiger partial charge in [0.1, 0.15) is 0 Å². The number of rotatable bonds is 6. The average Bonchev–Trinajstić information content (AvgIpc) is 3.31. The van der Waals surface area contributed by atoms with Crippen molar-refractivity contribution in [3.05, 3.63) is 30.0 Å². The van der Waals surface area contributed by atoms with Gasteiger partial charge >= 0.3 is 0 Å². The molecule has 5 N–H and O–H groups in total. The maximum atomic E-state index is 12.1. The normalized spacial score (nSPS) is 15.0. The molecule has 0 spiro atoms. The van der Waals surface area contributed by atoms with Crippen molar-refractivity contribution in [3.63, 3.8) is 0 Å². The second kappa shape index (κ2) is 13.6. The van der Waals surface area contributed by atoms with Crippen molar-refractivity contribution in [2.24, 2.45) is 11.7 Å². The van der Waals surface area contributed by atoms with E-state index in [1.165, 1.54) is 12.4 Å². The summed E-state index contributed by atoms with van der Waals surface area (Å²) in [6, 6.07) is 5.50. The van der Waals surface area contributed by atoms with Crippen LogP contribution < -0.4 is 11.2 Å². The molecular formula is C25H31N5O7S. The van der Waals surface area contributed by atoms with Crippen molar-refractivity contribution >= 4 is 39.0 Å². The Labute approximate surface area is 221 Å². The number of carbonyl (C=O) groups is 3. The topological polar surface area (TPSA) is 185 Å². The van der Waals surface area contributed by atoms with Gasteiger partial charge < -0.3 is 15.7 Å². The second-order valence-electron chi connectivity index (χ2n) is 8.84. The van der Waals surface area contributed by atoms with Gasteiger partial charge in [-0.15, -0.1) is 0 Å². The molecule has 0 saturated carbocycles. The van der Waals surface area contributed by atoms with E-state index >= 15 is 0 Å². The fraction of sp³-hybridized carbons (Fsp3) is 0.440. The van der Waals surface area contributed by atoms with Crippen LogP contribution in [-0.4, -0.2) is 82.3 Å². The zero-order chi connectivity index (χ0) is 28.3. The van der Waals surface area contributed by atoms with Crippen LogP contribution in [0.1, 0.15) is 31.7 Å². The lowest BCUT2D eigenvalue weighted by Gasteiger charge is -2.29. The minimum Gasteiger partial charge on any atom is -0.483 e. The molecule has 0 bridgehead atoms. The number of hydrogen-bond acceptors (Lipinski definition) is 8. The van der Waals surface area contributed by atoms with Gasteiger partial charge in [0.05, 0.1) is 12.1 Å². The third-order valence-electron chi connectivity index (χ3n) is 6.34. The van der Waals surface area contributed by atoms with Crippen LogP contribution in [0.25, 0.3) is 10.9 Å². The first-order chi connectivity index (χ1) is 18.0. The van der Waals surface area contributed by atoms with Crippen LogP contribution in [-0.2, 0) is 30.8 Å². The fourth-order valence-corrected chi connectivity index (χ4v) is 4.67. The van der Waals surface area contributed by atoms with E-state index in [0.29, 0.717) is 18.6 Å². The number of carboxylic acid groups (broad SMARTS) is 1. The number of nitrogens with two attached hydrogens (primary N) is 1. The molecule has 1 saturated heterocycles. The summed E-state index contributed by atoms with van der Waals surface area (Å²) in [5, 5.41) is 21.1. The minimum absolute atomic E-state index is 0.0324. The van der Waals surface area contributed by atoms with Crippen LogP contribution in [0.15, 0.2) is 24.4 Å². The number of fused-ring (bicyclic) bond motifs is 1. The number of hydrogen-bond donors (Lipinski definition) is 4. The molecule has 1 aliphatic heterocycles. The maximum Gasteiger partial charge on any atom is 0.290 e. The van der Waals surface area contributed by atoms with Gasteiger partial charge in [0.15, 0.2) is 14.6 Å². The van der Waals surface area contributed by atoms with Crippen LogP contribution in [0.4, 0.5) is 0 Å². The molecule has 38 heavy (non-hydrogen) atoms. The van der Waals surface area contributed by atoms with Crippen LogP contribution in [0.2, 0.25) is 0 Å². The fourth-order valence-electron chi connectivity index (χ4n) is 3.83. The lowest BCUT2D eigenvalue weighted by Crippen LogP contribution is -2.49. The highest BCUT2D eigenvalue weighted by atomic mass is 32.2. The molecule has 204 valence electrons. The van der Waals surface area contributed by atoms with E-state index in [4.69, 9.17) is 20.8 Å². The number of benzene rings is 1. The number of carbonyl (C=O) groups excluding carboxylic acids is 2. The quantitative estimate of drug-likeness (QED) is 0.168. The molecule has 3 rings (SSSR count). The molecule has 2 aromatic rings. The van der Waals surface area contributed by atoms with E-state index in [-0.39, 0.29) is 37.8 Å². The molecule has 1 aromatic heterocycles. The Morgan fingerprint density at radius 1 is 1.29 bits per heavy atom. The summed E-state index contributed by atoms with van der Waals surface area (Å²) < 4.78 is 24.0. The zero-order valence-corrected chi connectivity index (χ0v) is 22.0. The largest absolute Gasteiger partial charge is 0.483 e. The van der Waals surface area contributed by atoms with Crippen LogP contribution in [0, 0.1) is 29.6 Å². The number of amides is 2. The maximum absolute atomic E-state index is 12.1. The predicted octanol–water partition coefficient (Wildman–Crippen LogP) is -0.0119. The summed E-state index contributed by atoms with van der Waals surface area (Å²) in [6.07, 6.45) is 4.27. The number of nitrogens with zero attached hydrogens (tertiary/aromatic N) is 3. The van der Waals surface area contributed by atoms with Gasteiger partial charge in [0.25, 0.3) is 12.4 Å². The summed E-state index contributed by atoms with van der Waals surface area (Å²) in [4.78, 5) is 33.7. The number of hydroxylamine groups is 1. The second-order valence-corrected chi connectivity index (χ2v) is 11.3. The lowest BCUT2D eigenvalue weighted by molar-refractivity contribution is -0.132. The van der Waals surface area contributed by atoms with Gasteiger partial charge in [-0.05, 0) is 56.2 Å². The third-order valence-corrected chi connectivity index (χ3v) is 8.36. The van der Waals surface area contributed by atoms with E-state index in [0.717, 1.165) is 30.0 Å². The summed E-state index contributed by atoms with van der Waals surface area (Å²) in [7, 11) is -3.78. The van der Waals surface area contributed by atoms with E-state index in [1.807, 2.05) is 18.2 Å². The van der Waals surface area contributed by atoms with Crippen molar-refractivity contribution in [1.29, 1.82) is 0 Å². The van der Waals surface area contributed by atoms with Crippen LogP contribution in [0.5, 0.6) is 0 Å². The van der Waals surface area contributed by atoms with Gasteiger partial charge in [-0.25, -0.2) is 13.9 Å². The summed E-state index contributed by atoms with van der Waals surface area (Å²) in [5.41, 5.74) is 8.31. The molecule has 2 heterocycles. The Morgan fingerprint density at radius 3 is 2.53 bits per heavy atom. The highest BCUT2D eigenvalue weighted by Crippen LogP contribution is 2.23. The van der Waals surface area contributed by atoms with Gasteiger partial charge in [-0.1, -0.05) is 11.8 Å². The number of nitrogens with one attached hydrogen (secondary N) is 1. The number of sulfone groups is 1. The van der Waals surface area contributed by atoms with Crippen LogP contribution in [0.3, 0.4) is 0 Å².